The molecule has 0 saturated carbocycles. The monoisotopic (exact) mass is 463 g/mol. The van der Waals surface area contributed by atoms with E-state index in [-0.39, 0.29) is 0 Å². The van der Waals surface area contributed by atoms with Crippen LogP contribution in [-0.2, 0) is 13.2 Å². The Bertz CT molecular complexity index is 1100. The van der Waals surface area contributed by atoms with Crippen molar-refractivity contribution in [3.8, 4) is 11.4 Å². The predicted molar refractivity (Wildman–Crippen MR) is 133 cm³/mol. The number of para-hydroxylation sites is 1. The Hall–Kier alpha value is -2.48. The van der Waals surface area contributed by atoms with Gasteiger partial charge in [0, 0.05) is 18.3 Å². The number of hydrogen-bond donors (Lipinski definition) is 0. The van der Waals surface area contributed by atoms with E-state index in [1.165, 1.54) is 24.8 Å². The van der Waals surface area contributed by atoms with Crippen molar-refractivity contribution in [2.75, 3.05) is 26.2 Å². The largest absolute Gasteiger partial charge is 0.494 e. The smallest absolute Gasteiger partial charge is 0.203 e. The summed E-state index contributed by atoms with van der Waals surface area (Å²) in [6, 6.07) is 19.4. The Balaban J connectivity index is 1.41. The van der Waals surface area contributed by atoms with Crippen LogP contribution in [0.4, 0.5) is 0 Å². The number of nitrogens with zero attached hydrogens (tertiary/aromatic N) is 5. The summed E-state index contributed by atoms with van der Waals surface area (Å²) in [7, 11) is 0. The van der Waals surface area contributed by atoms with Gasteiger partial charge in [0.2, 0.25) is 4.77 Å². The van der Waals surface area contributed by atoms with E-state index in [1.807, 2.05) is 17.7 Å². The fourth-order valence-corrected chi connectivity index (χ4v) is 5.43. The molecule has 2 aliphatic rings. The molecule has 2 saturated heterocycles. The van der Waals surface area contributed by atoms with E-state index in [0.717, 1.165) is 54.6 Å². The molecule has 1 atom stereocenters. The van der Waals surface area contributed by atoms with Crippen LogP contribution >= 0.6 is 12.2 Å². The number of rotatable bonds is 8. The molecule has 7 heteroatoms. The van der Waals surface area contributed by atoms with Crippen molar-refractivity contribution in [2.45, 2.75) is 51.9 Å². The molecule has 0 aliphatic carbocycles. The van der Waals surface area contributed by atoms with Gasteiger partial charge in [0.15, 0.2) is 5.82 Å². The van der Waals surface area contributed by atoms with E-state index in [9.17, 15) is 0 Å². The van der Waals surface area contributed by atoms with Gasteiger partial charge < -0.3 is 4.74 Å². The molecular weight excluding hydrogens is 430 g/mol. The van der Waals surface area contributed by atoms with Crippen molar-refractivity contribution in [3.63, 3.8) is 0 Å². The highest BCUT2D eigenvalue weighted by atomic mass is 32.1. The third-order valence-corrected chi connectivity index (χ3v) is 7.13. The summed E-state index contributed by atoms with van der Waals surface area (Å²) in [5.41, 5.74) is 2.43. The summed E-state index contributed by atoms with van der Waals surface area (Å²) < 4.78 is 10.6. The fraction of sp³-hybridized carbons (Fsp3) is 0.462. The molecule has 2 aromatic carbocycles. The van der Waals surface area contributed by atoms with Crippen LogP contribution in [0.3, 0.4) is 0 Å². The number of benzene rings is 2. The van der Waals surface area contributed by atoms with Gasteiger partial charge in [-0.25, -0.2) is 4.68 Å². The van der Waals surface area contributed by atoms with Crippen molar-refractivity contribution in [3.05, 3.63) is 70.8 Å². The van der Waals surface area contributed by atoms with E-state index >= 15 is 0 Å². The maximum Gasteiger partial charge on any atom is 0.203 e. The summed E-state index contributed by atoms with van der Waals surface area (Å²) in [5, 5.41) is 5.05. The summed E-state index contributed by atoms with van der Waals surface area (Å²) in [5.74, 6) is 1.96. The lowest BCUT2D eigenvalue weighted by molar-refractivity contribution is 0.189. The van der Waals surface area contributed by atoms with Crippen molar-refractivity contribution in [2.24, 2.45) is 0 Å². The topological polar surface area (TPSA) is 38.5 Å². The summed E-state index contributed by atoms with van der Waals surface area (Å²) >= 11 is 5.97. The summed E-state index contributed by atoms with van der Waals surface area (Å²) in [6.07, 6.45) is 4.88. The minimum atomic E-state index is 0.381. The van der Waals surface area contributed by atoms with Crippen molar-refractivity contribution < 1.29 is 4.74 Å². The Kier molecular flexibility index (Phi) is 6.90. The second kappa shape index (κ2) is 10.2. The number of aromatic nitrogens is 3. The predicted octanol–water partition coefficient (Wildman–Crippen LogP) is 5.19. The Labute approximate surface area is 201 Å². The minimum Gasteiger partial charge on any atom is -0.494 e. The maximum absolute atomic E-state index is 5.97. The Morgan fingerprint density at radius 1 is 0.970 bits per heavy atom. The van der Waals surface area contributed by atoms with E-state index in [2.05, 4.69) is 62.9 Å². The van der Waals surface area contributed by atoms with Crippen LogP contribution in [0.5, 0.6) is 5.75 Å². The molecule has 3 aromatic rings. The zero-order valence-electron chi connectivity index (χ0n) is 19.4. The third kappa shape index (κ3) is 4.90. The number of hydrogen-bond acceptors (Lipinski definition) is 5. The zero-order valence-corrected chi connectivity index (χ0v) is 20.2. The van der Waals surface area contributed by atoms with E-state index < -0.39 is 0 Å². The van der Waals surface area contributed by atoms with Crippen LogP contribution in [0, 0.1) is 4.77 Å². The van der Waals surface area contributed by atoms with E-state index in [0.29, 0.717) is 19.3 Å². The van der Waals surface area contributed by atoms with E-state index in [4.69, 9.17) is 22.1 Å². The standard InChI is InChI=1S/C26H33N5OS/c1-2-32-23-14-12-21(13-15-23)24-11-8-18-29(24)20-30-26(33)31(22-9-4-3-5-10-22)25(27-30)19-28-16-6-7-17-28/h3-5,9-10,12-15,24H,2,6-8,11,16-20H2,1H3. The van der Waals surface area contributed by atoms with Crippen LogP contribution < -0.4 is 4.74 Å². The molecule has 2 aliphatic heterocycles. The second-order valence-corrected chi connectivity index (χ2v) is 9.33. The maximum atomic E-state index is 5.97. The number of likely N-dealkylation sites (tertiary alicyclic amines) is 2. The first-order valence-electron chi connectivity index (χ1n) is 12.2. The molecule has 0 spiro atoms. The van der Waals surface area contributed by atoms with Gasteiger partial charge in [-0.1, -0.05) is 30.3 Å². The molecule has 3 heterocycles. The van der Waals surface area contributed by atoms with Crippen molar-refractivity contribution in [1.29, 1.82) is 0 Å². The highest BCUT2D eigenvalue weighted by Crippen LogP contribution is 2.33. The quantitative estimate of drug-likeness (QED) is 0.430. The fourth-order valence-electron chi connectivity index (χ4n) is 5.12. The van der Waals surface area contributed by atoms with Gasteiger partial charge in [0.25, 0.3) is 0 Å². The Morgan fingerprint density at radius 2 is 1.73 bits per heavy atom. The lowest BCUT2D eigenvalue weighted by Crippen LogP contribution is -2.27. The molecule has 2 fully saturated rings. The highest BCUT2D eigenvalue weighted by molar-refractivity contribution is 7.71. The third-order valence-electron chi connectivity index (χ3n) is 6.74. The highest BCUT2D eigenvalue weighted by Gasteiger charge is 2.27. The van der Waals surface area contributed by atoms with Crippen LogP contribution in [0.15, 0.2) is 54.6 Å². The lowest BCUT2D eigenvalue weighted by atomic mass is 10.0. The summed E-state index contributed by atoms with van der Waals surface area (Å²) in [6.45, 7) is 7.59. The van der Waals surface area contributed by atoms with Gasteiger partial charge >= 0.3 is 0 Å². The molecule has 0 amide bonds. The second-order valence-electron chi connectivity index (χ2n) is 8.97. The molecule has 0 N–H and O–H groups in total. The van der Waals surface area contributed by atoms with Crippen LogP contribution in [0.25, 0.3) is 5.69 Å². The SMILES string of the molecule is CCOc1ccc(C2CCCN2Cn2nc(CN3CCCC3)n(-c3ccccc3)c2=S)cc1. The minimum absolute atomic E-state index is 0.381. The van der Waals surface area contributed by atoms with Crippen LogP contribution in [-0.4, -0.2) is 50.4 Å². The zero-order chi connectivity index (χ0) is 22.6. The van der Waals surface area contributed by atoms with Gasteiger partial charge in [0.1, 0.15) is 5.75 Å². The summed E-state index contributed by atoms with van der Waals surface area (Å²) in [4.78, 5) is 4.99. The Morgan fingerprint density at radius 3 is 2.45 bits per heavy atom. The first kappa shape index (κ1) is 22.3. The first-order valence-corrected chi connectivity index (χ1v) is 12.6. The van der Waals surface area contributed by atoms with Crippen molar-refractivity contribution >= 4 is 12.2 Å². The average Bonchev–Trinajstić information content (AvgIpc) is 3.58. The van der Waals surface area contributed by atoms with Crippen LogP contribution in [0.2, 0.25) is 0 Å². The average molecular weight is 464 g/mol. The van der Waals surface area contributed by atoms with Crippen molar-refractivity contribution in [1.82, 2.24) is 24.1 Å². The van der Waals surface area contributed by atoms with Gasteiger partial charge in [-0.3, -0.25) is 14.4 Å². The molecule has 0 bridgehead atoms. The molecule has 174 valence electrons. The molecule has 0 radical (unpaired) electrons. The molecule has 1 aromatic heterocycles. The normalized spacial score (nSPS) is 19.4. The molecule has 5 rings (SSSR count). The van der Waals surface area contributed by atoms with Gasteiger partial charge in [-0.15, -0.1) is 0 Å². The van der Waals surface area contributed by atoms with Crippen LogP contribution in [0.1, 0.15) is 50.0 Å². The molecule has 33 heavy (non-hydrogen) atoms. The lowest BCUT2D eigenvalue weighted by Gasteiger charge is -2.24. The molecule has 6 nitrogen and oxygen atoms in total. The number of ether oxygens (including phenoxy) is 1. The molecule has 1 unspecified atom stereocenters. The first-order chi connectivity index (χ1) is 16.2. The van der Waals surface area contributed by atoms with Gasteiger partial charge in [-0.05, 0) is 87.7 Å². The van der Waals surface area contributed by atoms with Gasteiger partial charge in [0.05, 0.1) is 19.8 Å². The molecular formula is C26H33N5OS. The van der Waals surface area contributed by atoms with E-state index in [1.54, 1.807) is 0 Å². The van der Waals surface area contributed by atoms with Gasteiger partial charge in [-0.2, -0.15) is 5.10 Å².